The van der Waals surface area contributed by atoms with Gasteiger partial charge in [-0.1, -0.05) is 19.8 Å². The Morgan fingerprint density at radius 2 is 2.09 bits per heavy atom. The van der Waals surface area contributed by atoms with Gasteiger partial charge in [0.05, 0.1) is 6.61 Å². The molecule has 0 atom stereocenters. The zero-order chi connectivity index (χ0) is 8.36. The van der Waals surface area contributed by atoms with Crippen LogP contribution in [0.3, 0.4) is 0 Å². The topological polar surface area (TPSA) is 9.23 Å². The van der Waals surface area contributed by atoms with E-state index in [-0.39, 0.29) is 0 Å². The van der Waals surface area contributed by atoms with Gasteiger partial charge in [0.15, 0.2) is 0 Å². The summed E-state index contributed by atoms with van der Waals surface area (Å²) in [4.78, 5) is 0. The molecule has 0 bridgehead atoms. The smallest absolute Gasteiger partial charge is 0.0556 e. The van der Waals surface area contributed by atoms with Crippen molar-refractivity contribution in [1.29, 1.82) is 0 Å². The second kappa shape index (κ2) is 10.3. The molecular weight excluding hydrogens is 156 g/mol. The Balaban J connectivity index is 2.69. The summed E-state index contributed by atoms with van der Waals surface area (Å²) >= 11 is 1.84. The highest BCUT2D eigenvalue weighted by Crippen LogP contribution is 1.98. The third kappa shape index (κ3) is 10.3. The normalized spacial score (nSPS) is 10.4. The van der Waals surface area contributed by atoms with Gasteiger partial charge < -0.3 is 4.74 Å². The molecule has 0 aromatic heterocycles. The number of rotatable bonds is 8. The predicted molar refractivity (Wildman–Crippen MR) is 53.0 cm³/mol. The van der Waals surface area contributed by atoms with Crippen LogP contribution in [0.15, 0.2) is 0 Å². The van der Waals surface area contributed by atoms with Gasteiger partial charge in [-0.05, 0) is 19.1 Å². The van der Waals surface area contributed by atoms with Gasteiger partial charge in [-0.15, -0.1) is 0 Å². The van der Waals surface area contributed by atoms with Crippen LogP contribution in [0, 0.1) is 6.92 Å². The molecule has 0 saturated heterocycles. The quantitative estimate of drug-likeness (QED) is 0.525. The third-order valence-corrected chi connectivity index (χ3v) is 2.15. The lowest BCUT2D eigenvalue weighted by atomic mass is 10.3. The van der Waals surface area contributed by atoms with E-state index in [0.717, 1.165) is 24.7 Å². The number of ether oxygens (including phenoxy) is 1. The summed E-state index contributed by atoms with van der Waals surface area (Å²) in [6.07, 6.45) is 3.78. The summed E-state index contributed by atoms with van der Waals surface area (Å²) in [6, 6.07) is 0. The molecule has 0 N–H and O–H groups in total. The van der Waals surface area contributed by atoms with E-state index in [1.54, 1.807) is 0 Å². The summed E-state index contributed by atoms with van der Waals surface area (Å²) in [5.41, 5.74) is 0. The van der Waals surface area contributed by atoms with E-state index >= 15 is 0 Å². The Bertz CT molecular complexity index is 58.6. The van der Waals surface area contributed by atoms with E-state index in [1.807, 2.05) is 11.8 Å². The second-order valence-electron chi connectivity index (χ2n) is 2.43. The second-order valence-corrected chi connectivity index (χ2v) is 3.66. The first-order chi connectivity index (χ1) is 5.41. The molecule has 0 aliphatic rings. The molecule has 2 heteroatoms. The molecule has 11 heavy (non-hydrogen) atoms. The van der Waals surface area contributed by atoms with Crippen LogP contribution in [0.4, 0.5) is 0 Å². The van der Waals surface area contributed by atoms with E-state index in [1.165, 1.54) is 19.3 Å². The van der Waals surface area contributed by atoms with Gasteiger partial charge >= 0.3 is 0 Å². The van der Waals surface area contributed by atoms with Gasteiger partial charge in [0.1, 0.15) is 0 Å². The largest absolute Gasteiger partial charge is 0.381 e. The van der Waals surface area contributed by atoms with Crippen molar-refractivity contribution in [2.45, 2.75) is 26.2 Å². The van der Waals surface area contributed by atoms with Gasteiger partial charge in [-0.25, -0.2) is 0 Å². The van der Waals surface area contributed by atoms with E-state index in [4.69, 9.17) is 4.74 Å². The standard InChI is InChI=1S/C9H19OS/c1-3-5-6-7-10-8-9-11-4-2/h2-9H2,1H3. The Labute approximate surface area is 74.9 Å². The summed E-state index contributed by atoms with van der Waals surface area (Å²) in [5.74, 6) is 2.05. The van der Waals surface area contributed by atoms with Crippen LogP contribution in [-0.2, 0) is 4.74 Å². The molecule has 0 heterocycles. The molecule has 0 aromatic carbocycles. The highest BCUT2D eigenvalue weighted by atomic mass is 32.2. The van der Waals surface area contributed by atoms with E-state index in [9.17, 15) is 0 Å². The minimum absolute atomic E-state index is 0.893. The number of hydrogen-bond donors (Lipinski definition) is 0. The van der Waals surface area contributed by atoms with Gasteiger partial charge in [-0.2, -0.15) is 11.8 Å². The molecule has 0 unspecified atom stereocenters. The first kappa shape index (κ1) is 11.3. The maximum absolute atomic E-state index is 5.39. The lowest BCUT2D eigenvalue weighted by Crippen LogP contribution is -1.99. The molecule has 1 radical (unpaired) electrons. The SMILES string of the molecule is [CH2]CSCCOCCCCC. The average Bonchev–Trinajstić information content (AvgIpc) is 2.03. The van der Waals surface area contributed by atoms with Crippen LogP contribution >= 0.6 is 11.8 Å². The first-order valence-electron chi connectivity index (χ1n) is 4.36. The summed E-state index contributed by atoms with van der Waals surface area (Å²) < 4.78 is 5.39. The molecule has 0 aromatic rings. The molecule has 0 aliphatic heterocycles. The van der Waals surface area contributed by atoms with Crippen molar-refractivity contribution < 1.29 is 4.74 Å². The van der Waals surface area contributed by atoms with Crippen LogP contribution in [0.25, 0.3) is 0 Å². The molecular formula is C9H19OS. The molecule has 0 amide bonds. The van der Waals surface area contributed by atoms with Crippen LogP contribution in [-0.4, -0.2) is 24.7 Å². The minimum atomic E-state index is 0.893. The number of unbranched alkanes of at least 4 members (excludes halogenated alkanes) is 2. The number of thioether (sulfide) groups is 1. The fourth-order valence-corrected chi connectivity index (χ4v) is 1.22. The zero-order valence-corrected chi connectivity index (χ0v) is 8.29. The number of hydrogen-bond acceptors (Lipinski definition) is 2. The molecule has 0 aliphatic carbocycles. The molecule has 67 valence electrons. The Hall–Kier alpha value is 0.310. The summed E-state index contributed by atoms with van der Waals surface area (Å²) in [5, 5.41) is 0. The highest BCUT2D eigenvalue weighted by Gasteiger charge is 1.88. The third-order valence-electron chi connectivity index (χ3n) is 1.41. The molecule has 0 saturated carbocycles. The van der Waals surface area contributed by atoms with Gasteiger partial charge in [0.2, 0.25) is 0 Å². The Kier molecular flexibility index (Phi) is 10.6. The minimum Gasteiger partial charge on any atom is -0.381 e. The maximum Gasteiger partial charge on any atom is 0.0556 e. The monoisotopic (exact) mass is 175 g/mol. The fourth-order valence-electron chi connectivity index (χ4n) is 0.776. The fraction of sp³-hybridized carbons (Fsp3) is 0.889. The van der Waals surface area contributed by atoms with Crippen molar-refractivity contribution in [2.24, 2.45) is 0 Å². The Morgan fingerprint density at radius 1 is 1.27 bits per heavy atom. The van der Waals surface area contributed by atoms with Gasteiger partial charge in [-0.3, -0.25) is 0 Å². The van der Waals surface area contributed by atoms with Crippen molar-refractivity contribution in [3.63, 3.8) is 0 Å². The lowest BCUT2D eigenvalue weighted by Gasteiger charge is -2.01. The molecule has 0 fully saturated rings. The van der Waals surface area contributed by atoms with E-state index in [0.29, 0.717) is 0 Å². The van der Waals surface area contributed by atoms with Crippen LogP contribution in [0.2, 0.25) is 0 Å². The van der Waals surface area contributed by atoms with Crippen molar-refractivity contribution >= 4 is 11.8 Å². The van der Waals surface area contributed by atoms with Crippen LogP contribution < -0.4 is 0 Å². The van der Waals surface area contributed by atoms with Crippen molar-refractivity contribution in [2.75, 3.05) is 24.7 Å². The van der Waals surface area contributed by atoms with Crippen molar-refractivity contribution in [3.8, 4) is 0 Å². The van der Waals surface area contributed by atoms with E-state index < -0.39 is 0 Å². The molecule has 1 nitrogen and oxygen atoms in total. The summed E-state index contributed by atoms with van der Waals surface area (Å²) in [6.45, 7) is 7.78. The van der Waals surface area contributed by atoms with Gasteiger partial charge in [0.25, 0.3) is 0 Å². The maximum atomic E-state index is 5.39. The van der Waals surface area contributed by atoms with E-state index in [2.05, 4.69) is 13.8 Å². The molecule has 0 spiro atoms. The van der Waals surface area contributed by atoms with Crippen LogP contribution in [0.5, 0.6) is 0 Å². The predicted octanol–water partition coefficient (Wildman–Crippen LogP) is 2.76. The highest BCUT2D eigenvalue weighted by molar-refractivity contribution is 7.99. The lowest BCUT2D eigenvalue weighted by molar-refractivity contribution is 0.146. The first-order valence-corrected chi connectivity index (χ1v) is 5.52. The summed E-state index contributed by atoms with van der Waals surface area (Å²) in [7, 11) is 0. The average molecular weight is 175 g/mol. The molecule has 0 rings (SSSR count). The van der Waals surface area contributed by atoms with Gasteiger partial charge in [0, 0.05) is 12.4 Å². The zero-order valence-electron chi connectivity index (χ0n) is 7.47. The Morgan fingerprint density at radius 3 is 2.73 bits per heavy atom. The van der Waals surface area contributed by atoms with Crippen molar-refractivity contribution in [3.05, 3.63) is 6.92 Å². The van der Waals surface area contributed by atoms with Crippen LogP contribution in [0.1, 0.15) is 26.2 Å². The van der Waals surface area contributed by atoms with Crippen molar-refractivity contribution in [1.82, 2.24) is 0 Å².